The van der Waals surface area contributed by atoms with Gasteiger partial charge in [-0.2, -0.15) is 9.61 Å². The molecule has 1 aromatic carbocycles. The fourth-order valence-electron chi connectivity index (χ4n) is 2.39. The van der Waals surface area contributed by atoms with E-state index < -0.39 is 0 Å². The highest BCUT2D eigenvalue weighted by Crippen LogP contribution is 2.25. The van der Waals surface area contributed by atoms with Gasteiger partial charge in [0.05, 0.1) is 34.9 Å². The van der Waals surface area contributed by atoms with Crippen molar-refractivity contribution in [3.8, 4) is 11.3 Å². The second-order valence-corrected chi connectivity index (χ2v) is 5.89. The van der Waals surface area contributed by atoms with E-state index >= 15 is 0 Å². The molecular weight excluding hydrogens is 356 g/mol. The number of rotatable bonds is 4. The van der Waals surface area contributed by atoms with E-state index in [0.29, 0.717) is 6.54 Å². The zero-order chi connectivity index (χ0) is 15.6. The highest BCUT2D eigenvalue weighted by molar-refractivity contribution is 9.10. The minimum atomic E-state index is 0.605. The number of imidazole rings is 1. The number of fused-ring (bicyclic) bond motifs is 1. The number of anilines is 1. The topological polar surface area (TPSA) is 70.9 Å². The van der Waals surface area contributed by atoms with Crippen LogP contribution < -0.4 is 5.32 Å². The van der Waals surface area contributed by atoms with Crippen LogP contribution in [0.3, 0.4) is 0 Å². The molecule has 6 nitrogen and oxygen atoms in total. The third-order valence-electron chi connectivity index (χ3n) is 3.50. The number of aromatic amines is 1. The van der Waals surface area contributed by atoms with Crippen molar-refractivity contribution in [2.24, 2.45) is 0 Å². The number of H-pyrrole nitrogens is 1. The monoisotopic (exact) mass is 368 g/mol. The Morgan fingerprint density at radius 3 is 2.87 bits per heavy atom. The average Bonchev–Trinajstić information content (AvgIpc) is 3.24. The van der Waals surface area contributed by atoms with Crippen molar-refractivity contribution in [3.63, 3.8) is 0 Å². The highest BCUT2D eigenvalue weighted by Gasteiger charge is 2.11. The first kappa shape index (κ1) is 14.0. The van der Waals surface area contributed by atoms with Crippen LogP contribution in [0.4, 0.5) is 5.82 Å². The first-order valence-corrected chi connectivity index (χ1v) is 7.92. The van der Waals surface area contributed by atoms with Crippen LogP contribution in [0.15, 0.2) is 59.6 Å². The smallest absolute Gasteiger partial charge is 0.172 e. The molecule has 0 aliphatic carbocycles. The minimum Gasteiger partial charge on any atom is -0.364 e. The number of hydrogen-bond acceptors (Lipinski definition) is 4. The molecule has 0 saturated carbocycles. The number of halogens is 1. The van der Waals surface area contributed by atoms with Gasteiger partial charge in [0.15, 0.2) is 5.65 Å². The third kappa shape index (κ3) is 2.70. The standard InChI is InChI=1S/C16H13BrN6/c17-13-9-21-23-15(19-8-12-7-18-10-20-12)6-14(22-16(13)23)11-4-2-1-3-5-11/h1-7,9-10,19H,8H2,(H,18,20). The molecule has 0 saturated heterocycles. The summed E-state index contributed by atoms with van der Waals surface area (Å²) >= 11 is 3.51. The molecule has 0 bridgehead atoms. The predicted octanol–water partition coefficient (Wildman–Crippen LogP) is 3.49. The van der Waals surface area contributed by atoms with Crippen molar-refractivity contribution in [3.05, 3.63) is 65.3 Å². The van der Waals surface area contributed by atoms with Crippen molar-refractivity contribution >= 4 is 27.4 Å². The Bertz CT molecular complexity index is 930. The second-order valence-electron chi connectivity index (χ2n) is 5.03. The second kappa shape index (κ2) is 5.85. The summed E-state index contributed by atoms with van der Waals surface area (Å²) in [6.07, 6.45) is 5.28. The Morgan fingerprint density at radius 1 is 1.22 bits per heavy atom. The van der Waals surface area contributed by atoms with Crippen molar-refractivity contribution in [1.82, 2.24) is 24.6 Å². The van der Waals surface area contributed by atoms with Crippen LogP contribution in [0.1, 0.15) is 5.69 Å². The molecule has 0 atom stereocenters. The fourth-order valence-corrected chi connectivity index (χ4v) is 2.74. The summed E-state index contributed by atoms with van der Waals surface area (Å²) in [5.41, 5.74) is 3.66. The van der Waals surface area contributed by atoms with Gasteiger partial charge in [-0.3, -0.25) is 0 Å². The van der Waals surface area contributed by atoms with Crippen molar-refractivity contribution < 1.29 is 0 Å². The minimum absolute atomic E-state index is 0.605. The van der Waals surface area contributed by atoms with E-state index in [-0.39, 0.29) is 0 Å². The molecule has 0 amide bonds. The SMILES string of the molecule is Brc1cnn2c(NCc3c[nH]cn3)cc(-c3ccccc3)nc12. The van der Waals surface area contributed by atoms with Gasteiger partial charge in [-0.1, -0.05) is 30.3 Å². The Hall–Kier alpha value is -2.67. The summed E-state index contributed by atoms with van der Waals surface area (Å²) < 4.78 is 2.64. The lowest BCUT2D eigenvalue weighted by atomic mass is 10.1. The molecule has 0 fully saturated rings. The van der Waals surface area contributed by atoms with E-state index in [9.17, 15) is 0 Å². The molecule has 7 heteroatoms. The summed E-state index contributed by atoms with van der Waals surface area (Å²) in [5, 5.41) is 7.74. The molecular formula is C16H13BrN6. The maximum atomic E-state index is 4.70. The summed E-state index contributed by atoms with van der Waals surface area (Å²) in [6.45, 7) is 0.605. The average molecular weight is 369 g/mol. The van der Waals surface area contributed by atoms with Crippen molar-refractivity contribution in [1.29, 1.82) is 0 Å². The lowest BCUT2D eigenvalue weighted by Gasteiger charge is -2.10. The van der Waals surface area contributed by atoms with Crippen LogP contribution in [0.5, 0.6) is 0 Å². The van der Waals surface area contributed by atoms with Crippen LogP contribution in [-0.4, -0.2) is 24.6 Å². The first-order chi connectivity index (χ1) is 11.3. The number of hydrogen-bond donors (Lipinski definition) is 2. The molecule has 3 heterocycles. The van der Waals surface area contributed by atoms with Crippen LogP contribution in [0.25, 0.3) is 16.9 Å². The van der Waals surface area contributed by atoms with Gasteiger partial charge in [-0.25, -0.2) is 9.97 Å². The van der Waals surface area contributed by atoms with E-state index in [1.165, 1.54) is 0 Å². The van der Waals surface area contributed by atoms with Gasteiger partial charge >= 0.3 is 0 Å². The Kier molecular flexibility index (Phi) is 3.55. The summed E-state index contributed by atoms with van der Waals surface area (Å²) in [6, 6.07) is 12.1. The van der Waals surface area contributed by atoms with E-state index in [4.69, 9.17) is 4.98 Å². The van der Waals surface area contributed by atoms with Gasteiger partial charge in [-0.05, 0) is 15.9 Å². The summed E-state index contributed by atoms with van der Waals surface area (Å²) in [5.74, 6) is 0.863. The zero-order valence-electron chi connectivity index (χ0n) is 12.1. The van der Waals surface area contributed by atoms with Gasteiger partial charge in [0.2, 0.25) is 0 Å². The van der Waals surface area contributed by atoms with E-state index in [0.717, 1.165) is 32.9 Å². The molecule has 114 valence electrons. The molecule has 0 spiro atoms. The van der Waals surface area contributed by atoms with Crippen LogP contribution in [0, 0.1) is 0 Å². The van der Waals surface area contributed by atoms with E-state index in [1.54, 1.807) is 17.0 Å². The molecule has 2 N–H and O–H groups in total. The lowest BCUT2D eigenvalue weighted by Crippen LogP contribution is -2.07. The van der Waals surface area contributed by atoms with Gasteiger partial charge in [0.1, 0.15) is 5.82 Å². The van der Waals surface area contributed by atoms with Crippen molar-refractivity contribution in [2.75, 3.05) is 5.32 Å². The molecule has 23 heavy (non-hydrogen) atoms. The fraction of sp³-hybridized carbons (Fsp3) is 0.0625. The predicted molar refractivity (Wildman–Crippen MR) is 92.0 cm³/mol. The Balaban J connectivity index is 1.78. The maximum Gasteiger partial charge on any atom is 0.172 e. The van der Waals surface area contributed by atoms with Crippen LogP contribution >= 0.6 is 15.9 Å². The number of nitrogens with one attached hydrogen (secondary N) is 2. The number of benzene rings is 1. The highest BCUT2D eigenvalue weighted by atomic mass is 79.9. The van der Waals surface area contributed by atoms with Crippen molar-refractivity contribution in [2.45, 2.75) is 6.54 Å². The largest absolute Gasteiger partial charge is 0.364 e. The first-order valence-electron chi connectivity index (χ1n) is 7.12. The van der Waals surface area contributed by atoms with E-state index in [2.05, 4.69) is 36.3 Å². The molecule has 0 unspecified atom stereocenters. The van der Waals surface area contributed by atoms with Crippen LogP contribution in [-0.2, 0) is 6.54 Å². The molecule has 0 aliphatic heterocycles. The third-order valence-corrected chi connectivity index (χ3v) is 4.06. The Morgan fingerprint density at radius 2 is 2.09 bits per heavy atom. The molecule has 0 radical (unpaired) electrons. The number of aromatic nitrogens is 5. The van der Waals surface area contributed by atoms with E-state index in [1.807, 2.05) is 42.6 Å². The Labute approximate surface area is 140 Å². The summed E-state index contributed by atoms with van der Waals surface area (Å²) in [7, 11) is 0. The number of nitrogens with zero attached hydrogens (tertiary/aromatic N) is 4. The zero-order valence-corrected chi connectivity index (χ0v) is 13.7. The normalized spacial score (nSPS) is 11.0. The molecule has 3 aromatic heterocycles. The lowest BCUT2D eigenvalue weighted by molar-refractivity contribution is 0.921. The quantitative estimate of drug-likeness (QED) is 0.578. The molecule has 4 aromatic rings. The van der Waals surface area contributed by atoms with Gasteiger partial charge < -0.3 is 10.3 Å². The van der Waals surface area contributed by atoms with Crippen LogP contribution in [0.2, 0.25) is 0 Å². The molecule has 0 aliphatic rings. The van der Waals surface area contributed by atoms with Gasteiger partial charge in [0, 0.05) is 17.8 Å². The summed E-state index contributed by atoms with van der Waals surface area (Å²) in [4.78, 5) is 11.9. The van der Waals surface area contributed by atoms with Gasteiger partial charge in [-0.15, -0.1) is 0 Å². The maximum absolute atomic E-state index is 4.70. The van der Waals surface area contributed by atoms with Gasteiger partial charge in [0.25, 0.3) is 0 Å². The molecule has 4 rings (SSSR count).